The van der Waals surface area contributed by atoms with Gasteiger partial charge in [0.2, 0.25) is 0 Å². The summed E-state index contributed by atoms with van der Waals surface area (Å²) in [5.74, 6) is -0.495. The van der Waals surface area contributed by atoms with Gasteiger partial charge in [-0.3, -0.25) is 9.52 Å². The molecular formula is C17H15N3O3S3. The van der Waals surface area contributed by atoms with Gasteiger partial charge in [-0.15, -0.1) is 22.7 Å². The molecule has 3 rings (SSSR count). The Labute approximate surface area is 159 Å². The molecule has 6 nitrogen and oxygen atoms in total. The van der Waals surface area contributed by atoms with E-state index in [0.29, 0.717) is 5.71 Å². The molecule has 9 heteroatoms. The Bertz CT molecular complexity index is 1020. The third kappa shape index (κ3) is 4.18. The van der Waals surface area contributed by atoms with Gasteiger partial charge in [0, 0.05) is 4.88 Å². The minimum Gasteiger partial charge on any atom is -0.278 e. The molecule has 1 amide bonds. The molecule has 26 heavy (non-hydrogen) atoms. The molecule has 0 saturated carbocycles. The average molecular weight is 406 g/mol. The van der Waals surface area contributed by atoms with Gasteiger partial charge in [0.15, 0.2) is 0 Å². The number of thiophene rings is 2. The van der Waals surface area contributed by atoms with E-state index in [-0.39, 0.29) is 15.5 Å². The van der Waals surface area contributed by atoms with Crippen LogP contribution in [0.25, 0.3) is 0 Å². The van der Waals surface area contributed by atoms with Crippen LogP contribution in [0.15, 0.2) is 68.6 Å². The van der Waals surface area contributed by atoms with Crippen LogP contribution in [-0.4, -0.2) is 20.0 Å². The molecule has 134 valence electrons. The number of anilines is 1. The van der Waals surface area contributed by atoms with E-state index in [2.05, 4.69) is 15.2 Å². The molecular weight excluding hydrogens is 390 g/mol. The smallest absolute Gasteiger partial charge is 0.273 e. The summed E-state index contributed by atoms with van der Waals surface area (Å²) in [5.41, 5.74) is 3.53. The Morgan fingerprint density at radius 1 is 1.00 bits per heavy atom. The van der Waals surface area contributed by atoms with E-state index in [1.54, 1.807) is 30.5 Å². The molecule has 0 aliphatic carbocycles. The lowest BCUT2D eigenvalue weighted by Gasteiger charge is -2.10. The molecule has 1 aromatic carbocycles. The van der Waals surface area contributed by atoms with Crippen LogP contribution in [0.1, 0.15) is 22.2 Å². The minimum absolute atomic E-state index is 0.180. The maximum absolute atomic E-state index is 12.5. The Hall–Kier alpha value is -2.49. The van der Waals surface area contributed by atoms with Crippen LogP contribution in [-0.2, 0) is 10.0 Å². The topological polar surface area (TPSA) is 87.6 Å². The fourth-order valence-corrected chi connectivity index (χ4v) is 4.87. The summed E-state index contributed by atoms with van der Waals surface area (Å²) in [6.45, 7) is 1.79. The third-order valence-corrected chi connectivity index (χ3v) is 7.12. The Kier molecular flexibility index (Phi) is 5.50. The quantitative estimate of drug-likeness (QED) is 0.483. The van der Waals surface area contributed by atoms with Crippen LogP contribution in [0.2, 0.25) is 0 Å². The van der Waals surface area contributed by atoms with Gasteiger partial charge in [-0.1, -0.05) is 24.3 Å². The molecule has 2 N–H and O–H groups in total. The van der Waals surface area contributed by atoms with Crippen LogP contribution in [0.5, 0.6) is 0 Å². The molecule has 0 atom stereocenters. The van der Waals surface area contributed by atoms with Crippen LogP contribution < -0.4 is 10.1 Å². The number of hydrazone groups is 1. The van der Waals surface area contributed by atoms with Crippen molar-refractivity contribution in [2.24, 2.45) is 5.10 Å². The number of carbonyl (C=O) groups excluding carboxylic acids is 1. The predicted molar refractivity (Wildman–Crippen MR) is 106 cm³/mol. The van der Waals surface area contributed by atoms with Gasteiger partial charge < -0.3 is 0 Å². The van der Waals surface area contributed by atoms with Crippen molar-refractivity contribution in [3.63, 3.8) is 0 Å². The molecule has 3 aromatic rings. The highest BCUT2D eigenvalue weighted by Gasteiger charge is 2.19. The number of benzene rings is 1. The van der Waals surface area contributed by atoms with Gasteiger partial charge in [0.25, 0.3) is 15.9 Å². The Morgan fingerprint density at radius 3 is 2.42 bits per heavy atom. The molecule has 2 aromatic heterocycles. The lowest BCUT2D eigenvalue weighted by Crippen LogP contribution is -2.22. The fourth-order valence-electron chi connectivity index (χ4n) is 2.12. The summed E-state index contributed by atoms with van der Waals surface area (Å²) in [6, 6.07) is 13.4. The van der Waals surface area contributed by atoms with Crippen molar-refractivity contribution >= 4 is 50.0 Å². The van der Waals surface area contributed by atoms with Gasteiger partial charge in [0.1, 0.15) is 4.21 Å². The average Bonchev–Trinajstić information content (AvgIpc) is 3.33. The van der Waals surface area contributed by atoms with E-state index in [4.69, 9.17) is 0 Å². The van der Waals surface area contributed by atoms with Crippen molar-refractivity contribution in [2.45, 2.75) is 11.1 Å². The molecule has 2 heterocycles. The number of amides is 1. The number of hydrogen-bond donors (Lipinski definition) is 2. The summed E-state index contributed by atoms with van der Waals surface area (Å²) in [4.78, 5) is 13.4. The number of nitrogens with one attached hydrogen (secondary N) is 2. The van der Waals surface area contributed by atoms with Crippen molar-refractivity contribution in [2.75, 3.05) is 4.72 Å². The highest BCUT2D eigenvalue weighted by molar-refractivity contribution is 7.94. The van der Waals surface area contributed by atoms with E-state index in [0.717, 1.165) is 16.2 Å². The zero-order chi connectivity index (χ0) is 18.6. The van der Waals surface area contributed by atoms with Gasteiger partial charge >= 0.3 is 0 Å². The number of para-hydroxylation sites is 1. The molecule has 0 spiro atoms. The second-order valence-electron chi connectivity index (χ2n) is 5.20. The Balaban J connectivity index is 1.81. The second kappa shape index (κ2) is 7.81. The fraction of sp³-hybridized carbons (Fsp3) is 0.0588. The number of hydrogen-bond acceptors (Lipinski definition) is 6. The molecule has 0 aliphatic rings. The highest BCUT2D eigenvalue weighted by Crippen LogP contribution is 2.22. The first-order valence-corrected chi connectivity index (χ1v) is 10.8. The highest BCUT2D eigenvalue weighted by atomic mass is 32.2. The van der Waals surface area contributed by atoms with Gasteiger partial charge in [-0.2, -0.15) is 5.10 Å². The zero-order valence-corrected chi connectivity index (χ0v) is 16.1. The van der Waals surface area contributed by atoms with E-state index < -0.39 is 15.9 Å². The van der Waals surface area contributed by atoms with Crippen molar-refractivity contribution in [1.82, 2.24) is 5.43 Å². The third-order valence-electron chi connectivity index (χ3n) is 3.38. The SMILES string of the molecule is C/C(=N\NC(=O)c1ccccc1NS(=O)(=O)c1cccs1)c1cccs1. The van der Waals surface area contributed by atoms with Crippen molar-refractivity contribution < 1.29 is 13.2 Å². The molecule has 0 bridgehead atoms. The van der Waals surface area contributed by atoms with Crippen molar-refractivity contribution in [3.05, 3.63) is 69.7 Å². The van der Waals surface area contributed by atoms with Crippen LogP contribution in [0, 0.1) is 0 Å². The standard InChI is InChI=1S/C17H15N3O3S3/c1-12(15-8-4-10-24-15)18-19-17(21)13-6-2-3-7-14(13)20-26(22,23)16-9-5-11-25-16/h2-11,20H,1H3,(H,19,21)/b18-12+. The lowest BCUT2D eigenvalue weighted by atomic mass is 10.2. The van der Waals surface area contributed by atoms with Gasteiger partial charge in [-0.25, -0.2) is 13.8 Å². The number of sulfonamides is 1. The Morgan fingerprint density at radius 2 is 1.73 bits per heavy atom. The maximum atomic E-state index is 12.5. The second-order valence-corrected chi connectivity index (χ2v) is 9.00. The van der Waals surface area contributed by atoms with E-state index in [1.165, 1.54) is 29.5 Å². The molecule has 0 fully saturated rings. The number of carbonyl (C=O) groups is 1. The first kappa shape index (κ1) is 18.3. The van der Waals surface area contributed by atoms with Crippen LogP contribution in [0.3, 0.4) is 0 Å². The van der Waals surface area contributed by atoms with E-state index in [9.17, 15) is 13.2 Å². The van der Waals surface area contributed by atoms with Crippen LogP contribution >= 0.6 is 22.7 Å². The van der Waals surface area contributed by atoms with Crippen molar-refractivity contribution in [3.8, 4) is 0 Å². The van der Waals surface area contributed by atoms with Crippen LogP contribution in [0.4, 0.5) is 5.69 Å². The summed E-state index contributed by atoms with van der Waals surface area (Å²) in [7, 11) is -3.74. The number of nitrogens with zero attached hydrogens (tertiary/aromatic N) is 1. The normalized spacial score (nSPS) is 12.0. The predicted octanol–water partition coefficient (Wildman–Crippen LogP) is 3.76. The largest absolute Gasteiger partial charge is 0.278 e. The zero-order valence-electron chi connectivity index (χ0n) is 13.7. The summed E-state index contributed by atoms with van der Waals surface area (Å²) < 4.78 is 27.4. The molecule has 0 aliphatic heterocycles. The lowest BCUT2D eigenvalue weighted by molar-refractivity contribution is 0.0955. The summed E-state index contributed by atoms with van der Waals surface area (Å²) in [6.07, 6.45) is 0. The first-order valence-electron chi connectivity index (χ1n) is 7.51. The van der Waals surface area contributed by atoms with E-state index in [1.807, 2.05) is 17.5 Å². The van der Waals surface area contributed by atoms with E-state index >= 15 is 0 Å². The molecule has 0 saturated heterocycles. The number of rotatable bonds is 6. The van der Waals surface area contributed by atoms with Crippen molar-refractivity contribution in [1.29, 1.82) is 0 Å². The van der Waals surface area contributed by atoms with Gasteiger partial charge in [0.05, 0.1) is 17.0 Å². The maximum Gasteiger partial charge on any atom is 0.273 e. The molecule has 0 unspecified atom stereocenters. The van der Waals surface area contributed by atoms with Gasteiger partial charge in [-0.05, 0) is 41.9 Å². The first-order chi connectivity index (χ1) is 12.5. The molecule has 0 radical (unpaired) electrons. The minimum atomic E-state index is -3.74. The summed E-state index contributed by atoms with van der Waals surface area (Å²) in [5, 5.41) is 7.68. The monoisotopic (exact) mass is 405 g/mol. The summed E-state index contributed by atoms with van der Waals surface area (Å²) >= 11 is 2.62.